The molecule has 0 radical (unpaired) electrons. The molecule has 4 heteroatoms. The van der Waals surface area contributed by atoms with E-state index >= 15 is 0 Å². The minimum atomic E-state index is 0.159. The number of benzene rings is 1. The van der Waals surface area contributed by atoms with E-state index in [4.69, 9.17) is 5.73 Å². The Morgan fingerprint density at radius 1 is 1.30 bits per heavy atom. The molecule has 0 spiro atoms. The Hall–Kier alpha value is -1.03. The predicted octanol–water partition coefficient (Wildman–Crippen LogP) is 3.74. The van der Waals surface area contributed by atoms with Gasteiger partial charge in [-0.15, -0.1) is 0 Å². The molecule has 1 aromatic rings. The van der Waals surface area contributed by atoms with Gasteiger partial charge in [-0.3, -0.25) is 4.79 Å². The van der Waals surface area contributed by atoms with Gasteiger partial charge in [0.2, 0.25) is 0 Å². The van der Waals surface area contributed by atoms with Crippen LogP contribution in [0, 0.1) is 12.8 Å². The average Bonchev–Trinajstić information content (AvgIpc) is 2.90. The van der Waals surface area contributed by atoms with Crippen LogP contribution < -0.4 is 5.73 Å². The molecular weight excluding hydrogens is 316 g/mol. The molecule has 1 aliphatic carbocycles. The number of hydrogen-bond acceptors (Lipinski definition) is 2. The highest BCUT2D eigenvalue weighted by atomic mass is 79.9. The SMILES string of the molecule is Cc1c(N)cc(Br)cc1C(=O)N1CCCC2CCCC21. The van der Waals surface area contributed by atoms with E-state index in [1.54, 1.807) is 0 Å². The summed E-state index contributed by atoms with van der Waals surface area (Å²) >= 11 is 3.45. The standard InChI is InChI=1S/C16H21BrN2O/c1-10-13(8-12(17)9-14(10)18)16(20)19-7-3-5-11-4-2-6-15(11)19/h8-9,11,15H,2-7,18H2,1H3. The Bertz CT molecular complexity index is 544. The third-order valence-electron chi connectivity index (χ3n) is 4.90. The van der Waals surface area contributed by atoms with Crippen molar-refractivity contribution in [2.24, 2.45) is 5.92 Å². The number of halogens is 1. The van der Waals surface area contributed by atoms with Crippen LogP contribution in [0.25, 0.3) is 0 Å². The van der Waals surface area contributed by atoms with Crippen molar-refractivity contribution in [3.05, 3.63) is 27.7 Å². The Balaban J connectivity index is 1.92. The second-order valence-electron chi connectivity index (χ2n) is 6.07. The van der Waals surface area contributed by atoms with Crippen LogP contribution in [0.15, 0.2) is 16.6 Å². The fourth-order valence-electron chi connectivity index (χ4n) is 3.78. The zero-order valence-corrected chi connectivity index (χ0v) is 13.4. The number of fused-ring (bicyclic) bond motifs is 1. The molecule has 2 N–H and O–H groups in total. The molecule has 2 unspecified atom stereocenters. The van der Waals surface area contributed by atoms with Crippen molar-refractivity contribution >= 4 is 27.5 Å². The number of anilines is 1. The summed E-state index contributed by atoms with van der Waals surface area (Å²) in [5.41, 5.74) is 8.33. The number of carbonyl (C=O) groups is 1. The van der Waals surface area contributed by atoms with Gasteiger partial charge < -0.3 is 10.6 Å². The van der Waals surface area contributed by atoms with Gasteiger partial charge in [0.1, 0.15) is 0 Å². The van der Waals surface area contributed by atoms with E-state index in [1.165, 1.54) is 25.7 Å². The quantitative estimate of drug-likeness (QED) is 0.794. The van der Waals surface area contributed by atoms with Crippen molar-refractivity contribution < 1.29 is 4.79 Å². The summed E-state index contributed by atoms with van der Waals surface area (Å²) in [5.74, 6) is 0.879. The van der Waals surface area contributed by atoms with E-state index < -0.39 is 0 Å². The Kier molecular flexibility index (Phi) is 3.76. The van der Waals surface area contributed by atoms with Gasteiger partial charge in [0.15, 0.2) is 0 Å². The topological polar surface area (TPSA) is 46.3 Å². The molecular formula is C16H21BrN2O. The highest BCUT2D eigenvalue weighted by molar-refractivity contribution is 9.10. The van der Waals surface area contributed by atoms with Crippen molar-refractivity contribution in [1.29, 1.82) is 0 Å². The third-order valence-corrected chi connectivity index (χ3v) is 5.35. The Morgan fingerprint density at radius 3 is 2.85 bits per heavy atom. The average molecular weight is 337 g/mol. The lowest BCUT2D eigenvalue weighted by Gasteiger charge is -2.38. The number of nitrogen functional groups attached to an aromatic ring is 1. The lowest BCUT2D eigenvalue weighted by atomic mass is 9.91. The third kappa shape index (κ3) is 2.34. The van der Waals surface area contributed by atoms with Crippen molar-refractivity contribution in [3.8, 4) is 0 Å². The summed E-state index contributed by atoms with van der Waals surface area (Å²) in [5, 5.41) is 0. The molecule has 1 heterocycles. The van der Waals surface area contributed by atoms with Crippen LogP contribution in [-0.2, 0) is 0 Å². The molecule has 1 aliphatic heterocycles. The van der Waals surface area contributed by atoms with Crippen LogP contribution in [0.2, 0.25) is 0 Å². The summed E-state index contributed by atoms with van der Waals surface area (Å²) in [7, 11) is 0. The maximum atomic E-state index is 12.9. The van der Waals surface area contributed by atoms with Gasteiger partial charge >= 0.3 is 0 Å². The Labute approximate surface area is 128 Å². The minimum Gasteiger partial charge on any atom is -0.398 e. The van der Waals surface area contributed by atoms with Crippen molar-refractivity contribution in [3.63, 3.8) is 0 Å². The molecule has 1 amide bonds. The molecule has 2 atom stereocenters. The normalized spacial score (nSPS) is 25.6. The molecule has 1 aromatic carbocycles. The van der Waals surface area contributed by atoms with Crippen LogP contribution in [0.5, 0.6) is 0 Å². The van der Waals surface area contributed by atoms with Gasteiger partial charge in [0.25, 0.3) is 5.91 Å². The fraction of sp³-hybridized carbons (Fsp3) is 0.562. The summed E-state index contributed by atoms with van der Waals surface area (Å²) in [4.78, 5) is 15.0. The highest BCUT2D eigenvalue weighted by Crippen LogP contribution is 2.38. The number of hydrogen-bond donors (Lipinski definition) is 1. The molecule has 0 bridgehead atoms. The fourth-order valence-corrected chi connectivity index (χ4v) is 4.26. The number of piperidine rings is 1. The van der Waals surface area contributed by atoms with Gasteiger partial charge in [-0.25, -0.2) is 0 Å². The van der Waals surface area contributed by atoms with Crippen molar-refractivity contribution in [1.82, 2.24) is 4.90 Å². The van der Waals surface area contributed by atoms with Gasteiger partial charge in [0.05, 0.1) is 0 Å². The molecule has 108 valence electrons. The van der Waals surface area contributed by atoms with Gasteiger partial charge in [-0.2, -0.15) is 0 Å². The van der Waals surface area contributed by atoms with Crippen molar-refractivity contribution in [2.45, 2.75) is 45.1 Å². The van der Waals surface area contributed by atoms with Gasteiger partial charge in [-0.05, 0) is 56.2 Å². The second kappa shape index (κ2) is 5.40. The van der Waals surface area contributed by atoms with Crippen LogP contribution in [0.4, 0.5) is 5.69 Å². The molecule has 2 fully saturated rings. The minimum absolute atomic E-state index is 0.159. The molecule has 1 saturated heterocycles. The van der Waals surface area contributed by atoms with Gasteiger partial charge in [-0.1, -0.05) is 22.4 Å². The summed E-state index contributed by atoms with van der Waals surface area (Å²) in [6.45, 7) is 2.83. The first-order valence-corrected chi connectivity index (χ1v) is 8.24. The predicted molar refractivity (Wildman–Crippen MR) is 84.7 cm³/mol. The van der Waals surface area contributed by atoms with Crippen LogP contribution in [0.1, 0.15) is 48.0 Å². The Morgan fingerprint density at radius 2 is 2.05 bits per heavy atom. The first kappa shape index (κ1) is 13.9. The van der Waals surface area contributed by atoms with E-state index in [9.17, 15) is 4.79 Å². The largest absolute Gasteiger partial charge is 0.398 e. The van der Waals surface area contributed by atoms with Crippen LogP contribution in [-0.4, -0.2) is 23.4 Å². The summed E-state index contributed by atoms with van der Waals surface area (Å²) in [6, 6.07) is 4.23. The maximum Gasteiger partial charge on any atom is 0.254 e. The second-order valence-corrected chi connectivity index (χ2v) is 6.98. The molecule has 1 saturated carbocycles. The number of nitrogens with zero attached hydrogens (tertiary/aromatic N) is 1. The molecule has 0 aromatic heterocycles. The zero-order chi connectivity index (χ0) is 14.3. The highest BCUT2D eigenvalue weighted by Gasteiger charge is 2.37. The number of amides is 1. The first-order valence-electron chi connectivity index (χ1n) is 7.44. The van der Waals surface area contributed by atoms with E-state index in [0.717, 1.165) is 34.5 Å². The molecule has 3 rings (SSSR count). The molecule has 20 heavy (non-hydrogen) atoms. The lowest BCUT2D eigenvalue weighted by molar-refractivity contribution is 0.0547. The van der Waals surface area contributed by atoms with E-state index in [2.05, 4.69) is 20.8 Å². The number of nitrogens with two attached hydrogens (primary N) is 1. The van der Waals surface area contributed by atoms with E-state index in [1.807, 2.05) is 19.1 Å². The van der Waals surface area contributed by atoms with Gasteiger partial charge in [0, 0.05) is 28.3 Å². The summed E-state index contributed by atoms with van der Waals surface area (Å²) in [6.07, 6.45) is 6.13. The number of rotatable bonds is 1. The monoisotopic (exact) mass is 336 g/mol. The molecule has 2 aliphatic rings. The first-order chi connectivity index (χ1) is 9.58. The number of likely N-dealkylation sites (tertiary alicyclic amines) is 1. The lowest BCUT2D eigenvalue weighted by Crippen LogP contribution is -2.46. The van der Waals surface area contributed by atoms with Crippen LogP contribution in [0.3, 0.4) is 0 Å². The van der Waals surface area contributed by atoms with E-state index in [0.29, 0.717) is 11.7 Å². The smallest absolute Gasteiger partial charge is 0.254 e. The van der Waals surface area contributed by atoms with E-state index in [-0.39, 0.29) is 5.91 Å². The maximum absolute atomic E-state index is 12.9. The summed E-state index contributed by atoms with van der Waals surface area (Å²) < 4.78 is 0.879. The zero-order valence-electron chi connectivity index (χ0n) is 11.9. The van der Waals surface area contributed by atoms with Crippen LogP contribution >= 0.6 is 15.9 Å². The number of carbonyl (C=O) groups excluding carboxylic acids is 1. The van der Waals surface area contributed by atoms with Crippen molar-refractivity contribution in [2.75, 3.05) is 12.3 Å². The molecule has 3 nitrogen and oxygen atoms in total.